The first-order valence-corrected chi connectivity index (χ1v) is 9.41. The van der Waals surface area contributed by atoms with Crippen LogP contribution in [0.4, 0.5) is 4.39 Å². The Bertz CT molecular complexity index is 1090. The third kappa shape index (κ3) is 4.14. The molecule has 1 saturated heterocycles. The molecule has 3 aromatic rings. The van der Waals surface area contributed by atoms with E-state index in [0.29, 0.717) is 49.6 Å². The number of carbonyl (C=O) groups excluding carboxylic acids is 1. The summed E-state index contributed by atoms with van der Waals surface area (Å²) < 4.78 is 23.6. The highest BCUT2D eigenvalue weighted by molar-refractivity contribution is 5.94. The number of piperazine rings is 1. The van der Waals surface area contributed by atoms with Crippen molar-refractivity contribution < 1.29 is 18.3 Å². The Kier molecular flexibility index (Phi) is 5.31. The molecule has 0 bridgehead atoms. The van der Waals surface area contributed by atoms with E-state index in [-0.39, 0.29) is 17.3 Å². The summed E-state index contributed by atoms with van der Waals surface area (Å²) in [6.07, 6.45) is 0. The molecule has 0 atom stereocenters. The lowest BCUT2D eigenvalue weighted by Crippen LogP contribution is -2.48. The predicted molar refractivity (Wildman–Crippen MR) is 107 cm³/mol. The topological polar surface area (TPSA) is 63.0 Å². The first kappa shape index (κ1) is 19.1. The molecule has 6 nitrogen and oxygen atoms in total. The van der Waals surface area contributed by atoms with Crippen LogP contribution in [0, 0.1) is 5.82 Å². The van der Waals surface area contributed by atoms with E-state index in [1.807, 2.05) is 6.07 Å². The number of carbonyl (C=O) groups is 1. The highest BCUT2D eigenvalue weighted by Crippen LogP contribution is 2.24. The maximum atomic E-state index is 13.1. The molecule has 2 heterocycles. The van der Waals surface area contributed by atoms with Crippen molar-refractivity contribution in [1.82, 2.24) is 9.80 Å². The van der Waals surface area contributed by atoms with Gasteiger partial charge in [-0.2, -0.15) is 0 Å². The summed E-state index contributed by atoms with van der Waals surface area (Å²) in [6, 6.07) is 12.5. The maximum absolute atomic E-state index is 13.1. The van der Waals surface area contributed by atoms with Crippen LogP contribution >= 0.6 is 0 Å². The van der Waals surface area contributed by atoms with Gasteiger partial charge in [0, 0.05) is 49.7 Å². The van der Waals surface area contributed by atoms with Crippen LogP contribution in [0.15, 0.2) is 57.7 Å². The maximum Gasteiger partial charge on any atom is 0.336 e. The molecular weight excluding hydrogens is 375 g/mol. The zero-order valence-corrected chi connectivity index (χ0v) is 16.1. The molecule has 29 heavy (non-hydrogen) atoms. The fourth-order valence-electron chi connectivity index (χ4n) is 3.59. The van der Waals surface area contributed by atoms with E-state index >= 15 is 0 Å². The number of hydrogen-bond acceptors (Lipinski definition) is 5. The minimum absolute atomic E-state index is 0.0970. The summed E-state index contributed by atoms with van der Waals surface area (Å²) in [5.74, 6) is 0.241. The van der Waals surface area contributed by atoms with Crippen LogP contribution in [-0.2, 0) is 6.54 Å². The number of nitrogens with zero attached hydrogens (tertiary/aromatic N) is 2. The molecule has 0 radical (unpaired) electrons. The number of ether oxygens (including phenoxy) is 1. The Morgan fingerprint density at radius 1 is 1.07 bits per heavy atom. The van der Waals surface area contributed by atoms with Crippen LogP contribution in [0.3, 0.4) is 0 Å². The number of halogens is 1. The van der Waals surface area contributed by atoms with Crippen LogP contribution in [0.2, 0.25) is 0 Å². The SMILES string of the molecule is COc1ccc2oc(=O)cc(CN3CCN(C(=O)c4ccc(F)cc4)CC3)c2c1. The smallest absolute Gasteiger partial charge is 0.336 e. The van der Waals surface area contributed by atoms with Crippen LogP contribution in [-0.4, -0.2) is 49.0 Å². The van der Waals surface area contributed by atoms with Crippen molar-refractivity contribution in [2.24, 2.45) is 0 Å². The molecule has 1 aromatic heterocycles. The van der Waals surface area contributed by atoms with Crippen LogP contribution in [0.1, 0.15) is 15.9 Å². The number of methoxy groups -OCH3 is 1. The quantitative estimate of drug-likeness (QED) is 0.635. The van der Waals surface area contributed by atoms with Crippen molar-refractivity contribution in [2.75, 3.05) is 33.3 Å². The molecule has 0 N–H and O–H groups in total. The third-order valence-electron chi connectivity index (χ3n) is 5.18. The molecule has 4 rings (SSSR count). The highest BCUT2D eigenvalue weighted by atomic mass is 19.1. The molecule has 1 aliphatic heterocycles. The summed E-state index contributed by atoms with van der Waals surface area (Å²) in [5.41, 5.74) is 1.49. The number of benzene rings is 2. The van der Waals surface area contributed by atoms with E-state index in [0.717, 1.165) is 10.9 Å². The molecule has 1 fully saturated rings. The van der Waals surface area contributed by atoms with Crippen LogP contribution in [0.5, 0.6) is 5.75 Å². The van der Waals surface area contributed by atoms with Crippen LogP contribution < -0.4 is 10.4 Å². The summed E-state index contributed by atoms with van der Waals surface area (Å²) in [6.45, 7) is 3.07. The number of amides is 1. The lowest BCUT2D eigenvalue weighted by molar-refractivity contribution is 0.0629. The molecule has 1 amide bonds. The molecule has 1 aliphatic rings. The van der Waals surface area contributed by atoms with Crippen molar-refractivity contribution >= 4 is 16.9 Å². The fourth-order valence-corrected chi connectivity index (χ4v) is 3.59. The normalized spacial score (nSPS) is 14.9. The van der Waals surface area contributed by atoms with E-state index in [1.165, 1.54) is 30.3 Å². The zero-order chi connectivity index (χ0) is 20.4. The molecular formula is C22H21FN2O4. The average Bonchev–Trinajstić information content (AvgIpc) is 2.74. The Labute approximate surface area is 167 Å². The van der Waals surface area contributed by atoms with Gasteiger partial charge in [0.25, 0.3) is 5.91 Å². The molecule has 2 aromatic carbocycles. The van der Waals surface area contributed by atoms with Gasteiger partial charge in [-0.15, -0.1) is 0 Å². The van der Waals surface area contributed by atoms with Gasteiger partial charge in [-0.25, -0.2) is 9.18 Å². The zero-order valence-electron chi connectivity index (χ0n) is 16.1. The van der Waals surface area contributed by atoms with Gasteiger partial charge in [0.15, 0.2) is 0 Å². The lowest BCUT2D eigenvalue weighted by atomic mass is 10.1. The van der Waals surface area contributed by atoms with E-state index in [2.05, 4.69) is 4.90 Å². The van der Waals surface area contributed by atoms with Crippen molar-refractivity contribution in [1.29, 1.82) is 0 Å². The van der Waals surface area contributed by atoms with Crippen molar-refractivity contribution in [3.8, 4) is 5.75 Å². The molecule has 0 unspecified atom stereocenters. The Morgan fingerprint density at radius 3 is 2.48 bits per heavy atom. The van der Waals surface area contributed by atoms with E-state index in [1.54, 1.807) is 24.1 Å². The monoisotopic (exact) mass is 396 g/mol. The van der Waals surface area contributed by atoms with E-state index in [9.17, 15) is 14.0 Å². The minimum Gasteiger partial charge on any atom is -0.497 e. The van der Waals surface area contributed by atoms with Gasteiger partial charge in [0.2, 0.25) is 0 Å². The summed E-state index contributed by atoms with van der Waals surface area (Å²) in [5, 5.41) is 0.841. The Hall–Kier alpha value is -3.19. The standard InChI is InChI=1S/C22H21FN2O4/c1-28-18-6-7-20-19(13-18)16(12-21(26)29-20)14-24-8-10-25(11-9-24)22(27)15-2-4-17(23)5-3-15/h2-7,12-13H,8-11,14H2,1H3. The van der Waals surface area contributed by atoms with Gasteiger partial charge in [-0.3, -0.25) is 9.69 Å². The number of fused-ring (bicyclic) bond motifs is 1. The fraction of sp³-hybridized carbons (Fsp3) is 0.273. The third-order valence-corrected chi connectivity index (χ3v) is 5.18. The second-order valence-corrected chi connectivity index (χ2v) is 7.03. The summed E-state index contributed by atoms with van der Waals surface area (Å²) in [7, 11) is 1.59. The Morgan fingerprint density at radius 2 is 1.79 bits per heavy atom. The molecule has 0 saturated carbocycles. The predicted octanol–water partition coefficient (Wildman–Crippen LogP) is 2.90. The number of rotatable bonds is 4. The van der Waals surface area contributed by atoms with E-state index < -0.39 is 0 Å². The van der Waals surface area contributed by atoms with Crippen molar-refractivity contribution in [3.63, 3.8) is 0 Å². The molecule has 0 aliphatic carbocycles. The van der Waals surface area contributed by atoms with Gasteiger partial charge in [-0.1, -0.05) is 0 Å². The van der Waals surface area contributed by atoms with Gasteiger partial charge >= 0.3 is 5.63 Å². The second-order valence-electron chi connectivity index (χ2n) is 7.03. The summed E-state index contributed by atoms with van der Waals surface area (Å²) >= 11 is 0. The first-order valence-electron chi connectivity index (χ1n) is 9.41. The second kappa shape index (κ2) is 8.05. The minimum atomic E-state index is -0.386. The summed E-state index contributed by atoms with van der Waals surface area (Å²) in [4.78, 5) is 28.5. The molecule has 150 valence electrons. The lowest BCUT2D eigenvalue weighted by Gasteiger charge is -2.35. The van der Waals surface area contributed by atoms with Crippen molar-refractivity contribution in [2.45, 2.75) is 6.54 Å². The largest absolute Gasteiger partial charge is 0.497 e. The van der Waals surface area contributed by atoms with Gasteiger partial charge in [0.1, 0.15) is 17.1 Å². The van der Waals surface area contributed by atoms with Gasteiger partial charge < -0.3 is 14.1 Å². The van der Waals surface area contributed by atoms with Gasteiger partial charge in [-0.05, 0) is 48.0 Å². The first-order chi connectivity index (χ1) is 14.0. The molecule has 0 spiro atoms. The average molecular weight is 396 g/mol. The van der Waals surface area contributed by atoms with Crippen molar-refractivity contribution in [3.05, 3.63) is 75.9 Å². The highest BCUT2D eigenvalue weighted by Gasteiger charge is 2.23. The van der Waals surface area contributed by atoms with Gasteiger partial charge in [0.05, 0.1) is 7.11 Å². The Balaban J connectivity index is 1.46. The molecule has 7 heteroatoms. The van der Waals surface area contributed by atoms with E-state index in [4.69, 9.17) is 9.15 Å². The number of hydrogen-bond donors (Lipinski definition) is 0. The van der Waals surface area contributed by atoms with Crippen LogP contribution in [0.25, 0.3) is 11.0 Å².